The number of hydrogen-bond acceptors (Lipinski definition) is 4. The number of amides is 1. The Labute approximate surface area is 85.7 Å². The van der Waals surface area contributed by atoms with Crippen molar-refractivity contribution in [3.8, 4) is 0 Å². The Kier molecular flexibility index (Phi) is 2.24. The van der Waals surface area contributed by atoms with E-state index in [1.54, 1.807) is 0 Å². The Morgan fingerprint density at radius 1 is 1.53 bits per heavy atom. The Morgan fingerprint density at radius 2 is 2.33 bits per heavy atom. The fourth-order valence-electron chi connectivity index (χ4n) is 1.24. The number of carbonyl (C=O) groups is 1. The standard InChI is InChI=1S/C9H10N4O2/c1-5-8(6(2)12-11-5)10-9(14)7-3-4-15-13-7/h3-4H,1-2H3,(H,10,14)(H,11,12). The van der Waals surface area contributed by atoms with E-state index in [4.69, 9.17) is 0 Å². The van der Waals surface area contributed by atoms with Crippen LogP contribution in [0.1, 0.15) is 21.9 Å². The van der Waals surface area contributed by atoms with Crippen molar-refractivity contribution in [3.05, 3.63) is 29.4 Å². The van der Waals surface area contributed by atoms with Gasteiger partial charge in [-0.1, -0.05) is 5.16 Å². The molecule has 0 radical (unpaired) electrons. The molecule has 0 unspecified atom stereocenters. The summed E-state index contributed by atoms with van der Waals surface area (Å²) in [5.41, 5.74) is 2.48. The predicted molar refractivity (Wildman–Crippen MR) is 52.5 cm³/mol. The molecule has 0 aliphatic carbocycles. The van der Waals surface area contributed by atoms with E-state index >= 15 is 0 Å². The first-order valence-electron chi connectivity index (χ1n) is 4.42. The molecule has 6 heteroatoms. The van der Waals surface area contributed by atoms with E-state index < -0.39 is 0 Å². The third-order valence-corrected chi connectivity index (χ3v) is 2.04. The van der Waals surface area contributed by atoms with Gasteiger partial charge in [-0.3, -0.25) is 9.89 Å². The monoisotopic (exact) mass is 206 g/mol. The van der Waals surface area contributed by atoms with E-state index in [-0.39, 0.29) is 11.6 Å². The first kappa shape index (κ1) is 9.45. The average molecular weight is 206 g/mol. The molecule has 1 amide bonds. The molecular weight excluding hydrogens is 196 g/mol. The van der Waals surface area contributed by atoms with Crippen molar-refractivity contribution in [2.45, 2.75) is 13.8 Å². The van der Waals surface area contributed by atoms with E-state index in [1.807, 2.05) is 13.8 Å². The molecule has 0 aliphatic rings. The minimum Gasteiger partial charge on any atom is -0.364 e. The molecule has 2 aromatic heterocycles. The Bertz CT molecular complexity index is 453. The van der Waals surface area contributed by atoms with E-state index in [2.05, 4.69) is 25.2 Å². The second-order valence-electron chi connectivity index (χ2n) is 3.15. The lowest BCUT2D eigenvalue weighted by molar-refractivity contribution is 0.101. The Balaban J connectivity index is 2.20. The molecular formula is C9H10N4O2. The summed E-state index contributed by atoms with van der Waals surface area (Å²) in [7, 11) is 0. The van der Waals surface area contributed by atoms with Gasteiger partial charge in [0.2, 0.25) is 0 Å². The number of carbonyl (C=O) groups excluding carboxylic acids is 1. The van der Waals surface area contributed by atoms with Crippen molar-refractivity contribution in [2.75, 3.05) is 5.32 Å². The maximum absolute atomic E-state index is 11.6. The molecule has 0 saturated carbocycles. The van der Waals surface area contributed by atoms with Crippen LogP contribution in [0.25, 0.3) is 0 Å². The van der Waals surface area contributed by atoms with Crippen LogP contribution in [0.5, 0.6) is 0 Å². The van der Waals surface area contributed by atoms with Gasteiger partial charge >= 0.3 is 0 Å². The van der Waals surface area contributed by atoms with Crippen LogP contribution in [0, 0.1) is 13.8 Å². The molecule has 2 heterocycles. The number of hydrogen-bond donors (Lipinski definition) is 2. The van der Waals surface area contributed by atoms with Crippen molar-refractivity contribution in [3.63, 3.8) is 0 Å². The van der Waals surface area contributed by atoms with E-state index in [0.29, 0.717) is 5.69 Å². The molecule has 78 valence electrons. The second-order valence-corrected chi connectivity index (χ2v) is 3.15. The van der Waals surface area contributed by atoms with Crippen molar-refractivity contribution >= 4 is 11.6 Å². The fourth-order valence-corrected chi connectivity index (χ4v) is 1.24. The maximum Gasteiger partial charge on any atom is 0.277 e. The summed E-state index contributed by atoms with van der Waals surface area (Å²) in [6.07, 6.45) is 1.35. The zero-order valence-electron chi connectivity index (χ0n) is 8.37. The molecule has 2 N–H and O–H groups in total. The smallest absolute Gasteiger partial charge is 0.277 e. The molecule has 2 rings (SSSR count). The molecule has 0 atom stereocenters. The van der Waals surface area contributed by atoms with Crippen LogP contribution < -0.4 is 5.32 Å². The Morgan fingerprint density at radius 3 is 2.87 bits per heavy atom. The summed E-state index contributed by atoms with van der Waals surface area (Å²) >= 11 is 0. The molecule has 15 heavy (non-hydrogen) atoms. The van der Waals surface area contributed by atoms with Crippen molar-refractivity contribution in [2.24, 2.45) is 0 Å². The van der Waals surface area contributed by atoms with Crippen LogP contribution >= 0.6 is 0 Å². The van der Waals surface area contributed by atoms with Crippen LogP contribution in [0.2, 0.25) is 0 Å². The van der Waals surface area contributed by atoms with Crippen molar-refractivity contribution in [1.29, 1.82) is 0 Å². The van der Waals surface area contributed by atoms with Gasteiger partial charge in [0.05, 0.1) is 17.1 Å². The highest BCUT2D eigenvalue weighted by Gasteiger charge is 2.13. The van der Waals surface area contributed by atoms with Crippen LogP contribution in [0.4, 0.5) is 5.69 Å². The first-order chi connectivity index (χ1) is 7.18. The minimum absolute atomic E-state index is 0.245. The third kappa shape index (κ3) is 1.74. The summed E-state index contributed by atoms with van der Waals surface area (Å²) < 4.78 is 4.58. The molecule has 0 spiro atoms. The molecule has 2 aromatic rings. The molecule has 0 aromatic carbocycles. The van der Waals surface area contributed by atoms with Gasteiger partial charge in [0.15, 0.2) is 5.69 Å². The second kappa shape index (κ2) is 3.56. The summed E-state index contributed by atoms with van der Waals surface area (Å²) in [6, 6.07) is 1.50. The van der Waals surface area contributed by atoms with Gasteiger partial charge < -0.3 is 9.84 Å². The normalized spacial score (nSPS) is 10.3. The van der Waals surface area contributed by atoms with Gasteiger partial charge in [-0.05, 0) is 13.8 Å². The van der Waals surface area contributed by atoms with Gasteiger partial charge in [-0.25, -0.2) is 0 Å². The first-order valence-corrected chi connectivity index (χ1v) is 4.42. The van der Waals surface area contributed by atoms with E-state index in [1.165, 1.54) is 12.3 Å². The highest BCUT2D eigenvalue weighted by molar-refractivity contribution is 6.03. The van der Waals surface area contributed by atoms with Crippen LogP contribution in [-0.4, -0.2) is 21.3 Å². The minimum atomic E-state index is -0.309. The van der Waals surface area contributed by atoms with Crippen LogP contribution in [0.3, 0.4) is 0 Å². The summed E-state index contributed by atoms with van der Waals surface area (Å²) in [4.78, 5) is 11.6. The number of anilines is 1. The molecule has 6 nitrogen and oxygen atoms in total. The molecule has 0 aliphatic heterocycles. The van der Waals surface area contributed by atoms with Crippen molar-refractivity contribution in [1.82, 2.24) is 15.4 Å². The lowest BCUT2D eigenvalue weighted by Gasteiger charge is -2.01. The van der Waals surface area contributed by atoms with Gasteiger partial charge in [0.25, 0.3) is 5.91 Å². The van der Waals surface area contributed by atoms with Crippen LogP contribution in [-0.2, 0) is 0 Å². The van der Waals surface area contributed by atoms with Gasteiger partial charge in [0, 0.05) is 6.07 Å². The number of rotatable bonds is 2. The maximum atomic E-state index is 11.6. The lowest BCUT2D eigenvalue weighted by atomic mass is 10.3. The van der Waals surface area contributed by atoms with Gasteiger partial charge in [-0.15, -0.1) is 0 Å². The van der Waals surface area contributed by atoms with E-state index in [9.17, 15) is 4.79 Å². The highest BCUT2D eigenvalue weighted by Crippen LogP contribution is 2.16. The molecule has 0 bridgehead atoms. The zero-order chi connectivity index (χ0) is 10.8. The van der Waals surface area contributed by atoms with Gasteiger partial charge in [-0.2, -0.15) is 5.10 Å². The summed E-state index contributed by atoms with van der Waals surface area (Å²) in [6.45, 7) is 3.64. The fraction of sp³-hybridized carbons (Fsp3) is 0.222. The van der Waals surface area contributed by atoms with Crippen LogP contribution in [0.15, 0.2) is 16.9 Å². The summed E-state index contributed by atoms with van der Waals surface area (Å²) in [5.74, 6) is -0.309. The topological polar surface area (TPSA) is 83.8 Å². The average Bonchev–Trinajstić information content (AvgIpc) is 2.82. The number of aryl methyl sites for hydroxylation is 2. The summed E-state index contributed by atoms with van der Waals surface area (Å²) in [5, 5.41) is 13.0. The van der Waals surface area contributed by atoms with E-state index in [0.717, 1.165) is 11.4 Å². The highest BCUT2D eigenvalue weighted by atomic mass is 16.5. The number of aromatic amines is 1. The molecule has 0 saturated heterocycles. The molecule has 0 fully saturated rings. The third-order valence-electron chi connectivity index (χ3n) is 2.04. The Hall–Kier alpha value is -2.11. The zero-order valence-corrected chi connectivity index (χ0v) is 8.37. The lowest BCUT2D eigenvalue weighted by Crippen LogP contribution is -2.13. The SMILES string of the molecule is Cc1n[nH]c(C)c1NC(=O)c1ccon1. The van der Waals surface area contributed by atoms with Crippen molar-refractivity contribution < 1.29 is 9.32 Å². The predicted octanol–water partition coefficient (Wildman–Crippen LogP) is 1.27. The number of nitrogens with zero attached hydrogens (tertiary/aromatic N) is 2. The quantitative estimate of drug-likeness (QED) is 0.774. The largest absolute Gasteiger partial charge is 0.364 e. The van der Waals surface area contributed by atoms with Gasteiger partial charge in [0.1, 0.15) is 6.26 Å². The number of H-pyrrole nitrogens is 1. The number of aromatic nitrogens is 3. The number of nitrogens with one attached hydrogen (secondary N) is 2.